The van der Waals surface area contributed by atoms with Crippen molar-refractivity contribution in [2.45, 2.75) is 6.42 Å². The Morgan fingerprint density at radius 1 is 1.25 bits per heavy atom. The minimum atomic E-state index is -1.19. The molecule has 5 nitrogen and oxygen atoms in total. The molecule has 1 aromatic heterocycles. The number of hydrogen-bond donors (Lipinski definition) is 2. The van der Waals surface area contributed by atoms with Gasteiger partial charge in [-0.2, -0.15) is 0 Å². The lowest BCUT2D eigenvalue weighted by Crippen LogP contribution is -2.17. The van der Waals surface area contributed by atoms with Gasteiger partial charge in [-0.1, -0.05) is 23.7 Å². The van der Waals surface area contributed by atoms with Crippen molar-refractivity contribution in [1.82, 2.24) is 4.98 Å². The van der Waals surface area contributed by atoms with Gasteiger partial charge in [0.2, 0.25) is 5.91 Å². The second kappa shape index (κ2) is 6.16. The van der Waals surface area contributed by atoms with Gasteiger partial charge in [0.15, 0.2) is 5.69 Å². The zero-order valence-corrected chi connectivity index (χ0v) is 11.1. The summed E-state index contributed by atoms with van der Waals surface area (Å²) in [5, 5.41) is 12.1. The smallest absolute Gasteiger partial charge is 0.356 e. The molecule has 0 spiro atoms. The van der Waals surface area contributed by atoms with Crippen LogP contribution in [0.4, 0.5) is 5.69 Å². The van der Waals surface area contributed by atoms with Crippen LogP contribution in [-0.4, -0.2) is 22.0 Å². The molecular weight excluding hydrogens is 280 g/mol. The van der Waals surface area contributed by atoms with Gasteiger partial charge in [-0.25, -0.2) is 9.78 Å². The van der Waals surface area contributed by atoms with E-state index in [4.69, 9.17) is 16.7 Å². The number of amides is 1. The molecule has 0 bridgehead atoms. The highest BCUT2D eigenvalue weighted by Gasteiger charge is 2.13. The van der Waals surface area contributed by atoms with Gasteiger partial charge in [0.05, 0.1) is 12.1 Å². The van der Waals surface area contributed by atoms with E-state index in [1.54, 1.807) is 30.3 Å². The van der Waals surface area contributed by atoms with Crippen LogP contribution in [0.1, 0.15) is 16.1 Å². The summed E-state index contributed by atoms with van der Waals surface area (Å²) in [5.41, 5.74) is 0.731. The molecule has 1 aromatic carbocycles. The third kappa shape index (κ3) is 3.55. The lowest BCUT2D eigenvalue weighted by molar-refractivity contribution is -0.115. The number of anilines is 1. The topological polar surface area (TPSA) is 79.3 Å². The largest absolute Gasteiger partial charge is 0.476 e. The Hall–Kier alpha value is -2.40. The average molecular weight is 291 g/mol. The molecule has 6 heteroatoms. The molecule has 0 radical (unpaired) electrons. The molecule has 2 N–H and O–H groups in total. The second-order valence-corrected chi connectivity index (χ2v) is 4.50. The minimum Gasteiger partial charge on any atom is -0.476 e. The highest BCUT2D eigenvalue weighted by atomic mass is 35.5. The summed E-state index contributed by atoms with van der Waals surface area (Å²) in [6.45, 7) is 0. The van der Waals surface area contributed by atoms with E-state index < -0.39 is 5.97 Å². The molecule has 0 fully saturated rings. The quantitative estimate of drug-likeness (QED) is 0.907. The van der Waals surface area contributed by atoms with Crippen molar-refractivity contribution < 1.29 is 14.7 Å². The first-order valence-corrected chi connectivity index (χ1v) is 6.16. The van der Waals surface area contributed by atoms with E-state index in [1.807, 2.05) is 0 Å². The molecular formula is C14H11ClN2O3. The standard InChI is InChI=1S/C14H11ClN2O3/c15-10-4-1-3-9(7-10)8-12(18)17-11-5-2-6-16-13(11)14(19)20/h1-7H,8H2,(H,17,18)(H,19,20). The average Bonchev–Trinajstić information content (AvgIpc) is 2.38. The Morgan fingerprint density at radius 3 is 2.75 bits per heavy atom. The van der Waals surface area contributed by atoms with Crippen LogP contribution in [0.3, 0.4) is 0 Å². The maximum atomic E-state index is 11.9. The van der Waals surface area contributed by atoms with Gasteiger partial charge in [-0.3, -0.25) is 4.79 Å². The third-order valence-corrected chi connectivity index (χ3v) is 2.77. The van der Waals surface area contributed by atoms with Gasteiger partial charge in [-0.05, 0) is 29.8 Å². The van der Waals surface area contributed by atoms with Gasteiger partial charge in [0.1, 0.15) is 0 Å². The van der Waals surface area contributed by atoms with E-state index in [9.17, 15) is 9.59 Å². The van der Waals surface area contributed by atoms with Crippen LogP contribution in [0.25, 0.3) is 0 Å². The van der Waals surface area contributed by atoms with Crippen LogP contribution >= 0.6 is 11.6 Å². The number of aromatic carboxylic acids is 1. The molecule has 0 aliphatic carbocycles. The Balaban J connectivity index is 2.11. The number of rotatable bonds is 4. The van der Waals surface area contributed by atoms with Crippen LogP contribution in [-0.2, 0) is 11.2 Å². The number of carbonyl (C=O) groups is 2. The molecule has 1 heterocycles. The number of benzene rings is 1. The van der Waals surface area contributed by atoms with Gasteiger partial charge < -0.3 is 10.4 Å². The summed E-state index contributed by atoms with van der Waals surface area (Å²) >= 11 is 5.84. The van der Waals surface area contributed by atoms with E-state index in [0.29, 0.717) is 5.02 Å². The zero-order chi connectivity index (χ0) is 14.5. The lowest BCUT2D eigenvalue weighted by atomic mass is 10.1. The Labute approximate surface area is 120 Å². The normalized spacial score (nSPS) is 10.1. The predicted molar refractivity (Wildman–Crippen MR) is 75.0 cm³/mol. The van der Waals surface area contributed by atoms with Crippen LogP contribution in [0.5, 0.6) is 0 Å². The molecule has 1 amide bonds. The van der Waals surface area contributed by atoms with Crippen molar-refractivity contribution in [1.29, 1.82) is 0 Å². The lowest BCUT2D eigenvalue weighted by Gasteiger charge is -2.07. The number of pyridine rings is 1. The van der Waals surface area contributed by atoms with E-state index in [1.165, 1.54) is 12.3 Å². The van der Waals surface area contributed by atoms with Crippen LogP contribution in [0, 0.1) is 0 Å². The fourth-order valence-electron chi connectivity index (χ4n) is 1.70. The summed E-state index contributed by atoms with van der Waals surface area (Å²) in [6.07, 6.45) is 1.46. The first-order valence-electron chi connectivity index (χ1n) is 5.79. The van der Waals surface area contributed by atoms with Crippen molar-refractivity contribution in [2.24, 2.45) is 0 Å². The minimum absolute atomic E-state index is 0.106. The first kappa shape index (κ1) is 14.0. The van der Waals surface area contributed by atoms with Crippen LogP contribution in [0.2, 0.25) is 5.02 Å². The second-order valence-electron chi connectivity index (χ2n) is 4.06. The molecule has 0 aliphatic heterocycles. The fourth-order valence-corrected chi connectivity index (χ4v) is 1.92. The number of nitrogens with one attached hydrogen (secondary N) is 1. The maximum Gasteiger partial charge on any atom is 0.356 e. The highest BCUT2D eigenvalue weighted by Crippen LogP contribution is 2.14. The van der Waals surface area contributed by atoms with Crippen molar-refractivity contribution in [3.63, 3.8) is 0 Å². The van der Waals surface area contributed by atoms with Gasteiger partial charge in [0.25, 0.3) is 0 Å². The van der Waals surface area contributed by atoms with E-state index in [0.717, 1.165) is 5.56 Å². The highest BCUT2D eigenvalue weighted by molar-refractivity contribution is 6.30. The molecule has 0 saturated heterocycles. The number of carboxylic acids is 1. The Morgan fingerprint density at radius 2 is 2.05 bits per heavy atom. The van der Waals surface area contributed by atoms with Crippen molar-refractivity contribution in [2.75, 3.05) is 5.32 Å². The molecule has 0 atom stereocenters. The van der Waals surface area contributed by atoms with E-state index >= 15 is 0 Å². The summed E-state index contributed by atoms with van der Waals surface area (Å²) in [6, 6.07) is 9.97. The number of carboxylic acid groups (broad SMARTS) is 1. The van der Waals surface area contributed by atoms with E-state index in [-0.39, 0.29) is 23.7 Å². The van der Waals surface area contributed by atoms with Gasteiger partial charge in [-0.15, -0.1) is 0 Å². The molecule has 20 heavy (non-hydrogen) atoms. The molecule has 2 rings (SSSR count). The molecule has 0 unspecified atom stereocenters. The third-order valence-electron chi connectivity index (χ3n) is 2.54. The van der Waals surface area contributed by atoms with Crippen LogP contribution < -0.4 is 5.32 Å². The zero-order valence-electron chi connectivity index (χ0n) is 10.3. The molecule has 0 aliphatic rings. The van der Waals surface area contributed by atoms with Gasteiger partial charge >= 0.3 is 5.97 Å². The Bertz CT molecular complexity index is 658. The summed E-state index contributed by atoms with van der Waals surface area (Å²) in [7, 11) is 0. The molecule has 2 aromatic rings. The molecule has 102 valence electrons. The summed E-state index contributed by atoms with van der Waals surface area (Å²) < 4.78 is 0. The maximum absolute atomic E-state index is 11.9. The number of carbonyl (C=O) groups excluding carboxylic acids is 1. The van der Waals surface area contributed by atoms with Crippen molar-refractivity contribution >= 4 is 29.2 Å². The fraction of sp³-hybridized carbons (Fsp3) is 0.0714. The first-order chi connectivity index (χ1) is 9.56. The summed E-state index contributed by atoms with van der Waals surface area (Å²) in [4.78, 5) is 26.6. The number of nitrogens with zero attached hydrogens (tertiary/aromatic N) is 1. The number of halogens is 1. The summed E-state index contributed by atoms with van der Waals surface area (Å²) in [5.74, 6) is -1.52. The van der Waals surface area contributed by atoms with Crippen molar-refractivity contribution in [3.05, 3.63) is 58.9 Å². The number of aromatic nitrogens is 1. The predicted octanol–water partition coefficient (Wildman–Crippen LogP) is 2.61. The Kier molecular flexibility index (Phi) is 4.32. The molecule has 0 saturated carbocycles. The SMILES string of the molecule is O=C(Cc1cccc(Cl)c1)Nc1cccnc1C(=O)O. The van der Waals surface area contributed by atoms with Crippen LogP contribution in [0.15, 0.2) is 42.6 Å². The van der Waals surface area contributed by atoms with Crippen molar-refractivity contribution in [3.8, 4) is 0 Å². The number of hydrogen-bond acceptors (Lipinski definition) is 3. The van der Waals surface area contributed by atoms with E-state index in [2.05, 4.69) is 10.3 Å². The van der Waals surface area contributed by atoms with Gasteiger partial charge in [0, 0.05) is 11.2 Å². The monoisotopic (exact) mass is 290 g/mol.